The maximum Gasteiger partial charge on any atom is 0.178 e. The van der Waals surface area contributed by atoms with Crippen LogP contribution in [0.4, 0.5) is 0 Å². The van der Waals surface area contributed by atoms with Gasteiger partial charge in [-0.05, 0) is 49.7 Å². The number of nitrogens with one attached hydrogen (secondary N) is 1. The molecule has 0 bridgehead atoms. The minimum atomic E-state index is 0.771. The van der Waals surface area contributed by atoms with E-state index in [9.17, 15) is 0 Å². The third kappa shape index (κ3) is 1.93. The summed E-state index contributed by atoms with van der Waals surface area (Å²) in [6.45, 7) is 4.05. The van der Waals surface area contributed by atoms with E-state index in [0.717, 1.165) is 32.7 Å². The zero-order chi connectivity index (χ0) is 12.7. The quantitative estimate of drug-likeness (QED) is 0.738. The number of aryl methyl sites for hydroxylation is 2. The van der Waals surface area contributed by atoms with E-state index in [-0.39, 0.29) is 0 Å². The summed E-state index contributed by atoms with van der Waals surface area (Å²) in [4.78, 5) is 12.3. The van der Waals surface area contributed by atoms with Crippen molar-refractivity contribution in [3.8, 4) is 11.4 Å². The van der Waals surface area contributed by atoms with Gasteiger partial charge in [0.1, 0.15) is 5.82 Å². The third-order valence-electron chi connectivity index (χ3n) is 2.93. The van der Waals surface area contributed by atoms with Gasteiger partial charge in [-0.3, -0.25) is 0 Å². The number of pyridine rings is 1. The molecule has 0 atom stereocenters. The lowest BCUT2D eigenvalue weighted by Crippen LogP contribution is -1.85. The lowest BCUT2D eigenvalue weighted by atomic mass is 10.1. The standard InChI is InChI=1S/C14H12BrN3/c1-8-7-10(15)4-5-11(8)13-17-12-6-3-9(2)16-14(12)18-13/h3-7H,1-2H3,(H,16,17,18). The largest absolute Gasteiger partial charge is 0.337 e. The summed E-state index contributed by atoms with van der Waals surface area (Å²) in [5, 5.41) is 0. The summed E-state index contributed by atoms with van der Waals surface area (Å²) >= 11 is 3.47. The molecule has 90 valence electrons. The van der Waals surface area contributed by atoms with Gasteiger partial charge in [0.2, 0.25) is 0 Å². The number of H-pyrrole nitrogens is 1. The molecular formula is C14H12BrN3. The highest BCUT2D eigenvalue weighted by atomic mass is 79.9. The Labute approximate surface area is 113 Å². The number of rotatable bonds is 1. The number of fused-ring (bicyclic) bond motifs is 1. The normalized spacial score (nSPS) is 11.1. The summed E-state index contributed by atoms with van der Waals surface area (Å²) in [7, 11) is 0. The van der Waals surface area contributed by atoms with E-state index in [1.54, 1.807) is 0 Å². The number of hydrogen-bond acceptors (Lipinski definition) is 2. The second-order valence-electron chi connectivity index (χ2n) is 4.37. The molecule has 0 saturated heterocycles. The number of aromatic nitrogens is 3. The monoisotopic (exact) mass is 301 g/mol. The van der Waals surface area contributed by atoms with Crippen LogP contribution in [0.1, 0.15) is 11.3 Å². The Kier molecular flexibility index (Phi) is 2.67. The molecule has 1 N–H and O–H groups in total. The van der Waals surface area contributed by atoms with Crippen LogP contribution < -0.4 is 0 Å². The van der Waals surface area contributed by atoms with Gasteiger partial charge in [-0.2, -0.15) is 0 Å². The summed E-state index contributed by atoms with van der Waals surface area (Å²) in [5.74, 6) is 0.869. The number of halogens is 1. The summed E-state index contributed by atoms with van der Waals surface area (Å²) < 4.78 is 1.08. The van der Waals surface area contributed by atoms with Crippen molar-refractivity contribution >= 4 is 27.1 Å². The molecule has 2 aromatic heterocycles. The average Bonchev–Trinajstić information content (AvgIpc) is 2.71. The van der Waals surface area contributed by atoms with Crippen LogP contribution in [0.5, 0.6) is 0 Å². The predicted octanol–water partition coefficient (Wildman–Crippen LogP) is 4.00. The van der Waals surface area contributed by atoms with Crippen molar-refractivity contribution in [2.24, 2.45) is 0 Å². The van der Waals surface area contributed by atoms with Crippen molar-refractivity contribution in [1.82, 2.24) is 15.0 Å². The Morgan fingerprint density at radius 2 is 1.89 bits per heavy atom. The molecule has 18 heavy (non-hydrogen) atoms. The SMILES string of the molecule is Cc1ccc2[nH]c(-c3ccc(Br)cc3C)nc2n1. The van der Waals surface area contributed by atoms with E-state index >= 15 is 0 Å². The van der Waals surface area contributed by atoms with Crippen LogP contribution in [-0.2, 0) is 0 Å². The third-order valence-corrected chi connectivity index (χ3v) is 3.42. The van der Waals surface area contributed by atoms with Crippen molar-refractivity contribution in [2.75, 3.05) is 0 Å². The zero-order valence-corrected chi connectivity index (χ0v) is 11.7. The van der Waals surface area contributed by atoms with Gasteiger partial charge in [-0.15, -0.1) is 0 Å². The van der Waals surface area contributed by atoms with Crippen LogP contribution >= 0.6 is 15.9 Å². The Morgan fingerprint density at radius 3 is 2.67 bits per heavy atom. The Morgan fingerprint density at radius 1 is 1.06 bits per heavy atom. The van der Waals surface area contributed by atoms with E-state index < -0.39 is 0 Å². The smallest absolute Gasteiger partial charge is 0.178 e. The lowest BCUT2D eigenvalue weighted by Gasteiger charge is -2.02. The molecule has 0 fully saturated rings. The molecular weight excluding hydrogens is 290 g/mol. The highest BCUT2D eigenvalue weighted by molar-refractivity contribution is 9.10. The number of aromatic amines is 1. The van der Waals surface area contributed by atoms with Gasteiger partial charge in [0, 0.05) is 15.7 Å². The summed E-state index contributed by atoms with van der Waals surface area (Å²) in [5.41, 5.74) is 5.01. The fourth-order valence-electron chi connectivity index (χ4n) is 2.01. The first-order valence-corrected chi connectivity index (χ1v) is 6.53. The molecule has 0 unspecified atom stereocenters. The van der Waals surface area contributed by atoms with Crippen molar-refractivity contribution < 1.29 is 0 Å². The maximum absolute atomic E-state index is 4.55. The average molecular weight is 302 g/mol. The number of imidazole rings is 1. The zero-order valence-electron chi connectivity index (χ0n) is 10.2. The van der Waals surface area contributed by atoms with Gasteiger partial charge in [0.15, 0.2) is 5.65 Å². The molecule has 0 spiro atoms. The van der Waals surface area contributed by atoms with Crippen LogP contribution in [0.15, 0.2) is 34.8 Å². The Bertz CT molecular complexity index is 731. The molecule has 2 heterocycles. The second kappa shape index (κ2) is 4.21. The topological polar surface area (TPSA) is 41.6 Å². The van der Waals surface area contributed by atoms with E-state index in [0.29, 0.717) is 0 Å². The number of benzene rings is 1. The predicted molar refractivity (Wildman–Crippen MR) is 76.5 cm³/mol. The molecule has 0 aliphatic heterocycles. The van der Waals surface area contributed by atoms with Gasteiger partial charge in [-0.1, -0.05) is 15.9 Å². The van der Waals surface area contributed by atoms with Gasteiger partial charge < -0.3 is 4.98 Å². The molecule has 0 aliphatic carbocycles. The molecule has 0 aliphatic rings. The van der Waals surface area contributed by atoms with E-state index in [2.05, 4.69) is 49.9 Å². The highest BCUT2D eigenvalue weighted by Crippen LogP contribution is 2.25. The summed E-state index contributed by atoms with van der Waals surface area (Å²) in [6.07, 6.45) is 0. The minimum absolute atomic E-state index is 0.771. The Balaban J connectivity index is 2.19. The van der Waals surface area contributed by atoms with E-state index in [4.69, 9.17) is 0 Å². The van der Waals surface area contributed by atoms with Crippen LogP contribution in [0.25, 0.3) is 22.6 Å². The molecule has 1 aromatic carbocycles. The first-order valence-electron chi connectivity index (χ1n) is 5.73. The van der Waals surface area contributed by atoms with Crippen molar-refractivity contribution in [3.63, 3.8) is 0 Å². The Hall–Kier alpha value is -1.68. The molecule has 0 amide bonds. The molecule has 3 rings (SSSR count). The van der Waals surface area contributed by atoms with Gasteiger partial charge in [0.25, 0.3) is 0 Å². The van der Waals surface area contributed by atoms with Gasteiger partial charge in [0.05, 0.1) is 5.52 Å². The minimum Gasteiger partial charge on any atom is -0.337 e. The van der Waals surface area contributed by atoms with Crippen LogP contribution in [0.3, 0.4) is 0 Å². The maximum atomic E-state index is 4.55. The van der Waals surface area contributed by atoms with Crippen LogP contribution in [-0.4, -0.2) is 15.0 Å². The number of nitrogens with zero attached hydrogens (tertiary/aromatic N) is 2. The van der Waals surface area contributed by atoms with Crippen molar-refractivity contribution in [2.45, 2.75) is 13.8 Å². The molecule has 3 nitrogen and oxygen atoms in total. The summed E-state index contributed by atoms with van der Waals surface area (Å²) in [6, 6.07) is 10.2. The fraction of sp³-hybridized carbons (Fsp3) is 0.143. The van der Waals surface area contributed by atoms with Gasteiger partial charge in [-0.25, -0.2) is 9.97 Å². The first kappa shape index (κ1) is 11.4. The van der Waals surface area contributed by atoms with Crippen molar-refractivity contribution in [1.29, 1.82) is 0 Å². The molecule has 0 radical (unpaired) electrons. The van der Waals surface area contributed by atoms with E-state index in [1.165, 1.54) is 5.56 Å². The molecule has 4 heteroatoms. The molecule has 0 saturated carbocycles. The lowest BCUT2D eigenvalue weighted by molar-refractivity contribution is 1.22. The molecule has 3 aromatic rings. The van der Waals surface area contributed by atoms with Gasteiger partial charge >= 0.3 is 0 Å². The highest BCUT2D eigenvalue weighted by Gasteiger charge is 2.08. The van der Waals surface area contributed by atoms with E-state index in [1.807, 2.05) is 25.1 Å². The first-order chi connectivity index (χ1) is 8.63. The van der Waals surface area contributed by atoms with Crippen molar-refractivity contribution in [3.05, 3.63) is 46.1 Å². The van der Waals surface area contributed by atoms with Crippen LogP contribution in [0.2, 0.25) is 0 Å². The fourth-order valence-corrected chi connectivity index (χ4v) is 2.48. The second-order valence-corrected chi connectivity index (χ2v) is 5.28. The van der Waals surface area contributed by atoms with Crippen LogP contribution in [0, 0.1) is 13.8 Å². The number of hydrogen-bond donors (Lipinski definition) is 1.